The van der Waals surface area contributed by atoms with Crippen molar-refractivity contribution in [3.8, 4) is 0 Å². The third kappa shape index (κ3) is 3.96. The molecule has 0 aromatic heterocycles. The van der Waals surface area contributed by atoms with Gasteiger partial charge in [0, 0.05) is 24.5 Å². The predicted octanol–water partition coefficient (Wildman–Crippen LogP) is 1.49. The Bertz CT molecular complexity index is 285. The normalized spacial score (nSPS) is 21.7. The Morgan fingerprint density at radius 1 is 1.50 bits per heavy atom. The Kier molecular flexibility index (Phi) is 4.13. The van der Waals surface area contributed by atoms with Gasteiger partial charge in [-0.2, -0.15) is 0 Å². The second-order valence-electron chi connectivity index (χ2n) is 5.37. The second kappa shape index (κ2) is 4.99. The number of hydrogen-bond donors (Lipinski definition) is 2. The van der Waals surface area contributed by atoms with Crippen LogP contribution in [0.15, 0.2) is 0 Å². The van der Waals surface area contributed by atoms with Crippen LogP contribution in [0.1, 0.15) is 33.6 Å². The zero-order valence-corrected chi connectivity index (χ0v) is 11.1. The molecular weight excluding hydrogens is 222 g/mol. The fraction of sp³-hybridized carbons (Fsp3) is 0.818. The third-order valence-electron chi connectivity index (χ3n) is 2.59. The van der Waals surface area contributed by atoms with E-state index in [1.165, 1.54) is 0 Å². The number of carbonyl (C=O) groups is 1. The van der Waals surface area contributed by atoms with Gasteiger partial charge in [-0.25, -0.2) is 4.79 Å². The molecule has 0 aromatic carbocycles. The van der Waals surface area contributed by atoms with E-state index in [4.69, 9.17) is 18.0 Å². The number of hydrogen-bond acceptors (Lipinski definition) is 2. The number of urea groups is 1. The highest BCUT2D eigenvalue weighted by molar-refractivity contribution is 7.80. The summed E-state index contributed by atoms with van der Waals surface area (Å²) in [6.07, 6.45) is 1.97. The quantitative estimate of drug-likeness (QED) is 0.686. The molecule has 1 fully saturated rings. The maximum Gasteiger partial charge on any atom is 0.317 e. The molecule has 16 heavy (non-hydrogen) atoms. The smallest absolute Gasteiger partial charge is 0.317 e. The van der Waals surface area contributed by atoms with Crippen molar-refractivity contribution in [1.29, 1.82) is 0 Å². The Morgan fingerprint density at radius 2 is 2.12 bits per heavy atom. The Hall–Kier alpha value is -0.840. The van der Waals surface area contributed by atoms with E-state index in [1.807, 2.05) is 20.8 Å². The molecule has 0 aliphatic carbocycles. The van der Waals surface area contributed by atoms with E-state index >= 15 is 0 Å². The first kappa shape index (κ1) is 13.2. The molecule has 92 valence electrons. The number of nitrogens with two attached hydrogens (primary N) is 1. The predicted molar refractivity (Wildman–Crippen MR) is 69.4 cm³/mol. The van der Waals surface area contributed by atoms with Crippen LogP contribution in [-0.2, 0) is 0 Å². The fourth-order valence-electron chi connectivity index (χ4n) is 1.79. The zero-order valence-electron chi connectivity index (χ0n) is 10.2. The molecular formula is C11H21N3OS. The summed E-state index contributed by atoms with van der Waals surface area (Å²) >= 11 is 4.98. The van der Waals surface area contributed by atoms with E-state index in [9.17, 15) is 4.79 Å². The largest absolute Gasteiger partial charge is 0.393 e. The number of nitrogens with zero attached hydrogens (tertiary/aromatic N) is 1. The van der Waals surface area contributed by atoms with Gasteiger partial charge in [0.15, 0.2) is 0 Å². The van der Waals surface area contributed by atoms with Crippen molar-refractivity contribution in [3.63, 3.8) is 0 Å². The standard InChI is InChI=1S/C11H21N3OS/c1-11(2,3)13-10(15)14-6-4-5-8(7-14)9(12)16/h8H,4-7H2,1-3H3,(H2,12,16)(H,13,15). The molecule has 0 radical (unpaired) electrons. The van der Waals surface area contributed by atoms with E-state index in [1.54, 1.807) is 4.90 Å². The molecule has 1 atom stereocenters. The maximum absolute atomic E-state index is 11.9. The molecule has 1 heterocycles. The summed E-state index contributed by atoms with van der Waals surface area (Å²) in [5.41, 5.74) is 5.43. The topological polar surface area (TPSA) is 58.4 Å². The first-order valence-electron chi connectivity index (χ1n) is 5.66. The summed E-state index contributed by atoms with van der Waals surface area (Å²) in [6.45, 7) is 7.36. The summed E-state index contributed by atoms with van der Waals surface area (Å²) < 4.78 is 0. The van der Waals surface area contributed by atoms with Gasteiger partial charge in [0.05, 0.1) is 4.99 Å². The van der Waals surface area contributed by atoms with Crippen molar-refractivity contribution in [3.05, 3.63) is 0 Å². The molecule has 1 rings (SSSR count). The summed E-state index contributed by atoms with van der Waals surface area (Å²) in [6, 6.07) is -0.0200. The Morgan fingerprint density at radius 3 is 2.62 bits per heavy atom. The molecule has 1 unspecified atom stereocenters. The van der Waals surface area contributed by atoms with E-state index in [2.05, 4.69) is 5.32 Å². The van der Waals surface area contributed by atoms with Crippen molar-refractivity contribution in [2.75, 3.05) is 13.1 Å². The van der Waals surface area contributed by atoms with Crippen molar-refractivity contribution in [1.82, 2.24) is 10.2 Å². The first-order valence-corrected chi connectivity index (χ1v) is 6.07. The first-order chi connectivity index (χ1) is 7.29. The van der Waals surface area contributed by atoms with Gasteiger partial charge < -0.3 is 16.0 Å². The molecule has 1 saturated heterocycles. The average molecular weight is 243 g/mol. The monoisotopic (exact) mass is 243 g/mol. The van der Waals surface area contributed by atoms with Crippen molar-refractivity contribution >= 4 is 23.2 Å². The highest BCUT2D eigenvalue weighted by atomic mass is 32.1. The van der Waals surface area contributed by atoms with E-state index in [-0.39, 0.29) is 17.5 Å². The van der Waals surface area contributed by atoms with E-state index in [0.29, 0.717) is 11.5 Å². The zero-order chi connectivity index (χ0) is 12.3. The number of nitrogens with one attached hydrogen (secondary N) is 1. The molecule has 0 bridgehead atoms. The molecule has 3 N–H and O–H groups in total. The Labute approximate surface area is 103 Å². The van der Waals surface area contributed by atoms with Crippen LogP contribution in [0.2, 0.25) is 0 Å². The van der Waals surface area contributed by atoms with Crippen molar-refractivity contribution in [2.45, 2.75) is 39.2 Å². The van der Waals surface area contributed by atoms with Gasteiger partial charge in [0.2, 0.25) is 0 Å². The maximum atomic E-state index is 11.9. The summed E-state index contributed by atoms with van der Waals surface area (Å²) in [4.78, 5) is 14.2. The van der Waals surface area contributed by atoms with Crippen LogP contribution in [0.4, 0.5) is 4.79 Å². The van der Waals surface area contributed by atoms with Gasteiger partial charge in [0.25, 0.3) is 0 Å². The number of amides is 2. The van der Waals surface area contributed by atoms with Crippen LogP contribution in [-0.4, -0.2) is 34.5 Å². The molecule has 1 aliphatic heterocycles. The van der Waals surface area contributed by atoms with Gasteiger partial charge >= 0.3 is 6.03 Å². The third-order valence-corrected chi connectivity index (χ3v) is 2.93. The lowest BCUT2D eigenvalue weighted by Gasteiger charge is -2.34. The lowest BCUT2D eigenvalue weighted by molar-refractivity contribution is 0.170. The second-order valence-corrected chi connectivity index (χ2v) is 5.84. The minimum atomic E-state index is -0.201. The fourth-order valence-corrected chi connectivity index (χ4v) is 1.99. The van der Waals surface area contributed by atoms with Crippen LogP contribution in [0.5, 0.6) is 0 Å². The summed E-state index contributed by atoms with van der Waals surface area (Å²) in [5, 5.41) is 2.95. The molecule has 4 nitrogen and oxygen atoms in total. The Balaban J connectivity index is 2.54. The minimum Gasteiger partial charge on any atom is -0.393 e. The molecule has 0 aromatic rings. The highest BCUT2D eigenvalue weighted by Crippen LogP contribution is 2.17. The lowest BCUT2D eigenvalue weighted by atomic mass is 9.98. The van der Waals surface area contributed by atoms with Gasteiger partial charge in [-0.1, -0.05) is 12.2 Å². The molecule has 0 saturated carbocycles. The number of thiocarbonyl (C=S) groups is 1. The molecule has 5 heteroatoms. The molecule has 0 spiro atoms. The SMILES string of the molecule is CC(C)(C)NC(=O)N1CCCC(C(N)=S)C1. The lowest BCUT2D eigenvalue weighted by Crippen LogP contribution is -2.52. The van der Waals surface area contributed by atoms with Crippen LogP contribution in [0, 0.1) is 5.92 Å². The van der Waals surface area contributed by atoms with Crippen LogP contribution < -0.4 is 11.1 Å². The number of piperidine rings is 1. The van der Waals surface area contributed by atoms with Crippen molar-refractivity contribution in [2.24, 2.45) is 11.7 Å². The summed E-state index contributed by atoms with van der Waals surface area (Å²) in [5.74, 6) is 0.175. The minimum absolute atomic E-state index is 0.0200. The van der Waals surface area contributed by atoms with Gasteiger partial charge in [-0.15, -0.1) is 0 Å². The average Bonchev–Trinajstić information content (AvgIpc) is 2.15. The molecule has 2 amide bonds. The van der Waals surface area contributed by atoms with E-state index in [0.717, 1.165) is 19.4 Å². The van der Waals surface area contributed by atoms with Gasteiger partial charge in [-0.3, -0.25) is 0 Å². The molecule has 1 aliphatic rings. The van der Waals surface area contributed by atoms with Crippen LogP contribution >= 0.6 is 12.2 Å². The van der Waals surface area contributed by atoms with Crippen LogP contribution in [0.3, 0.4) is 0 Å². The number of rotatable bonds is 1. The number of carbonyl (C=O) groups excluding carboxylic acids is 1. The van der Waals surface area contributed by atoms with E-state index < -0.39 is 0 Å². The number of likely N-dealkylation sites (tertiary alicyclic amines) is 1. The van der Waals surface area contributed by atoms with Gasteiger partial charge in [-0.05, 0) is 33.6 Å². The van der Waals surface area contributed by atoms with Gasteiger partial charge in [0.1, 0.15) is 0 Å². The van der Waals surface area contributed by atoms with Crippen LogP contribution in [0.25, 0.3) is 0 Å². The highest BCUT2D eigenvalue weighted by Gasteiger charge is 2.26. The van der Waals surface area contributed by atoms with Crippen molar-refractivity contribution < 1.29 is 4.79 Å². The summed E-state index contributed by atoms with van der Waals surface area (Å²) in [7, 11) is 0.